The van der Waals surface area contributed by atoms with Crippen molar-refractivity contribution in [1.82, 2.24) is 20.4 Å². The molecule has 1 fully saturated rings. The molecule has 9 heteroatoms. The lowest BCUT2D eigenvalue weighted by Gasteiger charge is -2.31. The van der Waals surface area contributed by atoms with Crippen molar-refractivity contribution in [1.29, 1.82) is 0 Å². The van der Waals surface area contributed by atoms with Crippen LogP contribution in [0.1, 0.15) is 24.6 Å². The van der Waals surface area contributed by atoms with Crippen LogP contribution in [0.4, 0.5) is 10.5 Å². The number of hydrogen-bond donors (Lipinski definition) is 3. The number of para-hydroxylation sites is 1. The largest absolute Gasteiger partial charge is 0.338 e. The minimum Gasteiger partial charge on any atom is -0.338 e. The van der Waals surface area contributed by atoms with Crippen molar-refractivity contribution < 1.29 is 9.32 Å². The first kappa shape index (κ1) is 19.2. The summed E-state index contributed by atoms with van der Waals surface area (Å²) in [6, 6.07) is 9.44. The summed E-state index contributed by atoms with van der Waals surface area (Å²) < 4.78 is 5.01. The van der Waals surface area contributed by atoms with Crippen molar-refractivity contribution in [3.63, 3.8) is 0 Å². The lowest BCUT2D eigenvalue weighted by molar-refractivity contribution is 0.184. The van der Waals surface area contributed by atoms with E-state index in [1.165, 1.54) is 0 Å². The van der Waals surface area contributed by atoms with E-state index < -0.39 is 0 Å². The molecule has 136 valence electrons. The molecule has 1 aliphatic rings. The maximum atomic E-state index is 12.0. The van der Waals surface area contributed by atoms with E-state index in [0.717, 1.165) is 31.6 Å². The Bertz CT molecular complexity index is 658. The second-order valence-electron chi connectivity index (χ2n) is 5.82. The average molecular weight is 367 g/mol. The normalized spacial score (nSPS) is 15.4. The van der Waals surface area contributed by atoms with Crippen LogP contribution in [0.15, 0.2) is 34.9 Å². The minimum absolute atomic E-state index is 0. The molecular weight excluding hydrogens is 344 g/mol. The van der Waals surface area contributed by atoms with Crippen LogP contribution in [0.25, 0.3) is 0 Å². The van der Waals surface area contributed by atoms with Crippen LogP contribution in [0.5, 0.6) is 0 Å². The summed E-state index contributed by atoms with van der Waals surface area (Å²) in [5.41, 5.74) is 6.25. The fourth-order valence-corrected chi connectivity index (χ4v) is 2.75. The summed E-state index contributed by atoms with van der Waals surface area (Å²) in [4.78, 5) is 18.5. The fraction of sp³-hybridized carbons (Fsp3) is 0.438. The van der Waals surface area contributed by atoms with Gasteiger partial charge in [0.15, 0.2) is 5.82 Å². The highest BCUT2D eigenvalue weighted by Gasteiger charge is 2.22. The second kappa shape index (κ2) is 9.36. The van der Waals surface area contributed by atoms with E-state index in [9.17, 15) is 4.79 Å². The number of anilines is 1. The molecule has 2 heterocycles. The van der Waals surface area contributed by atoms with E-state index in [2.05, 4.69) is 25.7 Å². The second-order valence-corrected chi connectivity index (χ2v) is 5.82. The van der Waals surface area contributed by atoms with Crippen LogP contribution >= 0.6 is 12.4 Å². The Hall–Kier alpha value is -2.16. The summed E-state index contributed by atoms with van der Waals surface area (Å²) in [6.45, 7) is 2.66. The van der Waals surface area contributed by atoms with E-state index in [0.29, 0.717) is 18.3 Å². The summed E-state index contributed by atoms with van der Waals surface area (Å²) in [7, 11) is 0. The van der Waals surface area contributed by atoms with E-state index in [4.69, 9.17) is 10.3 Å². The molecule has 0 bridgehead atoms. The highest BCUT2D eigenvalue weighted by atomic mass is 35.5. The third-order valence-corrected chi connectivity index (χ3v) is 4.00. The molecule has 4 N–H and O–H groups in total. The van der Waals surface area contributed by atoms with Crippen molar-refractivity contribution in [3.05, 3.63) is 42.0 Å². The highest BCUT2D eigenvalue weighted by molar-refractivity contribution is 5.89. The maximum Gasteiger partial charge on any atom is 0.319 e. The van der Waals surface area contributed by atoms with Gasteiger partial charge in [0.25, 0.3) is 0 Å². The number of nitrogens with zero attached hydrogens (tertiary/aromatic N) is 3. The van der Waals surface area contributed by atoms with Gasteiger partial charge in [0, 0.05) is 24.8 Å². The third kappa shape index (κ3) is 5.70. The molecule has 2 aromatic rings. The monoisotopic (exact) mass is 366 g/mol. The van der Waals surface area contributed by atoms with Crippen LogP contribution in [-0.4, -0.2) is 40.2 Å². The van der Waals surface area contributed by atoms with Gasteiger partial charge in [0.1, 0.15) is 0 Å². The Kier molecular flexibility index (Phi) is 7.17. The van der Waals surface area contributed by atoms with Gasteiger partial charge in [-0.3, -0.25) is 4.90 Å². The Morgan fingerprint density at radius 3 is 2.64 bits per heavy atom. The van der Waals surface area contributed by atoms with E-state index in [1.807, 2.05) is 30.3 Å². The molecule has 0 aliphatic carbocycles. The molecule has 0 atom stereocenters. The number of urea groups is 1. The van der Waals surface area contributed by atoms with Gasteiger partial charge in [-0.1, -0.05) is 23.4 Å². The van der Waals surface area contributed by atoms with E-state index in [1.54, 1.807) is 0 Å². The zero-order valence-electron chi connectivity index (χ0n) is 13.9. The van der Waals surface area contributed by atoms with Crippen molar-refractivity contribution in [2.75, 3.05) is 18.4 Å². The number of carbonyl (C=O) groups excluding carboxylic acids is 1. The van der Waals surface area contributed by atoms with Crippen LogP contribution < -0.4 is 16.4 Å². The summed E-state index contributed by atoms with van der Waals surface area (Å²) in [5, 5.41) is 9.77. The molecule has 2 amide bonds. The lowest BCUT2D eigenvalue weighted by Crippen LogP contribution is -2.45. The smallest absolute Gasteiger partial charge is 0.319 e. The fourth-order valence-electron chi connectivity index (χ4n) is 2.75. The molecule has 0 unspecified atom stereocenters. The minimum atomic E-state index is -0.162. The number of halogens is 1. The van der Waals surface area contributed by atoms with Gasteiger partial charge in [-0.25, -0.2) is 4.79 Å². The molecule has 25 heavy (non-hydrogen) atoms. The van der Waals surface area contributed by atoms with Gasteiger partial charge < -0.3 is 20.9 Å². The number of amides is 2. The van der Waals surface area contributed by atoms with E-state index >= 15 is 0 Å². The first-order chi connectivity index (χ1) is 11.7. The van der Waals surface area contributed by atoms with Crippen molar-refractivity contribution in [2.24, 2.45) is 5.73 Å². The molecular formula is C16H23ClN6O2. The van der Waals surface area contributed by atoms with Crippen LogP contribution in [0.2, 0.25) is 0 Å². The number of nitrogens with two attached hydrogens (primary N) is 1. The molecule has 3 rings (SSSR count). The van der Waals surface area contributed by atoms with Gasteiger partial charge in [-0.2, -0.15) is 4.98 Å². The molecule has 0 spiro atoms. The number of nitrogens with one attached hydrogen (secondary N) is 2. The van der Waals surface area contributed by atoms with Crippen LogP contribution in [0.3, 0.4) is 0 Å². The summed E-state index contributed by atoms with van der Waals surface area (Å²) >= 11 is 0. The molecule has 1 aromatic heterocycles. The number of hydrogen-bond acceptors (Lipinski definition) is 6. The van der Waals surface area contributed by atoms with Crippen LogP contribution in [0, 0.1) is 0 Å². The first-order valence-corrected chi connectivity index (χ1v) is 8.09. The topological polar surface area (TPSA) is 109 Å². The third-order valence-electron chi connectivity index (χ3n) is 4.00. The van der Waals surface area contributed by atoms with Crippen molar-refractivity contribution in [2.45, 2.75) is 32.0 Å². The zero-order chi connectivity index (χ0) is 16.8. The summed E-state index contributed by atoms with van der Waals surface area (Å²) in [5.74, 6) is 1.11. The van der Waals surface area contributed by atoms with Gasteiger partial charge >= 0.3 is 6.03 Å². The molecule has 1 aliphatic heterocycles. The Morgan fingerprint density at radius 2 is 2.00 bits per heavy atom. The Labute approximate surface area is 152 Å². The lowest BCUT2D eigenvalue weighted by atomic mass is 10.1. The maximum absolute atomic E-state index is 12.0. The molecule has 8 nitrogen and oxygen atoms in total. The predicted octanol–water partition coefficient (Wildman–Crippen LogP) is 1.74. The van der Waals surface area contributed by atoms with Gasteiger partial charge in [0.05, 0.1) is 13.1 Å². The molecule has 0 saturated carbocycles. The van der Waals surface area contributed by atoms with Gasteiger partial charge in [-0.05, 0) is 25.0 Å². The number of piperidine rings is 1. The molecule has 0 radical (unpaired) electrons. The molecule has 1 saturated heterocycles. The van der Waals surface area contributed by atoms with Crippen molar-refractivity contribution >= 4 is 24.1 Å². The number of aromatic nitrogens is 2. The number of carbonyl (C=O) groups is 1. The van der Waals surface area contributed by atoms with Gasteiger partial charge in [0.2, 0.25) is 5.89 Å². The number of likely N-dealkylation sites (tertiary alicyclic amines) is 1. The van der Waals surface area contributed by atoms with Crippen molar-refractivity contribution in [3.8, 4) is 0 Å². The number of benzene rings is 1. The average Bonchev–Trinajstić information content (AvgIpc) is 3.05. The quantitative estimate of drug-likeness (QED) is 0.743. The molecule has 1 aromatic carbocycles. The number of rotatable bonds is 5. The van der Waals surface area contributed by atoms with E-state index in [-0.39, 0.29) is 31.0 Å². The SMILES string of the molecule is Cl.NCc1nc(CN2CCC(NC(=O)Nc3ccccc3)CC2)no1. The Morgan fingerprint density at radius 1 is 1.28 bits per heavy atom. The zero-order valence-corrected chi connectivity index (χ0v) is 14.7. The Balaban J connectivity index is 0.00000225. The van der Waals surface area contributed by atoms with Crippen LogP contribution in [-0.2, 0) is 13.1 Å². The highest BCUT2D eigenvalue weighted by Crippen LogP contribution is 2.13. The summed E-state index contributed by atoms with van der Waals surface area (Å²) in [6.07, 6.45) is 1.79. The van der Waals surface area contributed by atoms with Gasteiger partial charge in [-0.15, -0.1) is 12.4 Å². The predicted molar refractivity (Wildman–Crippen MR) is 96.3 cm³/mol. The first-order valence-electron chi connectivity index (χ1n) is 8.09. The standard InChI is InChI=1S/C16H22N6O2.ClH/c17-10-15-20-14(21-24-15)11-22-8-6-13(7-9-22)19-16(23)18-12-4-2-1-3-5-12;/h1-5,13H,6-11,17H2,(H2,18,19,23);1H.